The van der Waals surface area contributed by atoms with Gasteiger partial charge in [-0.05, 0) is 12.8 Å². The maximum absolute atomic E-state index is 10.7. The van der Waals surface area contributed by atoms with Gasteiger partial charge in [-0.2, -0.15) is 0 Å². The number of morpholine rings is 1. The van der Waals surface area contributed by atoms with Gasteiger partial charge in [0.2, 0.25) is 6.23 Å². The Balaban J connectivity index is 2.27. The Hall–Kier alpha value is -1.14. The molecule has 1 unspecified atom stereocenters. The Kier molecular flexibility index (Phi) is 10.7. The summed E-state index contributed by atoms with van der Waals surface area (Å²) in [6.07, 6.45) is 14.0. The van der Waals surface area contributed by atoms with E-state index in [0.717, 1.165) is 32.5 Å². The van der Waals surface area contributed by atoms with Crippen LogP contribution in [-0.2, 0) is 9.57 Å². The highest BCUT2D eigenvalue weighted by molar-refractivity contribution is 4.81. The summed E-state index contributed by atoms with van der Waals surface area (Å²) in [5.41, 5.74) is 0. The lowest BCUT2D eigenvalue weighted by Gasteiger charge is -2.44. The van der Waals surface area contributed by atoms with E-state index in [4.69, 9.17) is 9.57 Å². The van der Waals surface area contributed by atoms with E-state index in [1.807, 2.05) is 0 Å². The van der Waals surface area contributed by atoms with Gasteiger partial charge in [-0.15, -0.1) is 10.1 Å². The summed E-state index contributed by atoms with van der Waals surface area (Å²) >= 11 is 0. The Morgan fingerprint density at radius 2 is 1.75 bits per heavy atom. The van der Waals surface area contributed by atoms with Crippen molar-refractivity contribution in [2.75, 3.05) is 32.8 Å². The first kappa shape index (κ1) is 20.9. The van der Waals surface area contributed by atoms with Crippen LogP contribution < -0.4 is 0 Å². The minimum absolute atomic E-state index is 0.434. The summed E-state index contributed by atoms with van der Waals surface area (Å²) in [7, 11) is 0. The standard InChI is InChI=1S/C18H35N2O4/c1-3-4-5-6-7-8-9-10-11-12-13-20(14-16-23-17-15-20)18(2)24-19(21)22/h10-11,18H,3-9,12-17H2,1-2H3/q+1. The van der Waals surface area contributed by atoms with Crippen LogP contribution in [0.25, 0.3) is 0 Å². The third kappa shape index (κ3) is 8.11. The van der Waals surface area contributed by atoms with Crippen LogP contribution in [0.4, 0.5) is 0 Å². The van der Waals surface area contributed by atoms with Gasteiger partial charge < -0.3 is 4.74 Å². The summed E-state index contributed by atoms with van der Waals surface area (Å²) in [5, 5.41) is 9.99. The van der Waals surface area contributed by atoms with Crippen LogP contribution in [0.5, 0.6) is 0 Å². The van der Waals surface area contributed by atoms with Crippen molar-refractivity contribution >= 4 is 0 Å². The number of ether oxygens (including phenoxy) is 1. The number of rotatable bonds is 13. The third-order valence-corrected chi connectivity index (χ3v) is 5.00. The Morgan fingerprint density at radius 1 is 1.12 bits per heavy atom. The third-order valence-electron chi connectivity index (χ3n) is 5.00. The first-order chi connectivity index (χ1) is 11.6. The van der Waals surface area contributed by atoms with Gasteiger partial charge in [0, 0.05) is 13.3 Å². The molecule has 140 valence electrons. The molecule has 1 aliphatic heterocycles. The normalized spacial score (nSPS) is 18.6. The van der Waals surface area contributed by atoms with Gasteiger partial charge in [0.15, 0.2) is 0 Å². The van der Waals surface area contributed by atoms with Gasteiger partial charge in [-0.25, -0.2) is 0 Å². The largest absolute Gasteiger partial charge is 0.370 e. The molecule has 0 amide bonds. The molecule has 24 heavy (non-hydrogen) atoms. The lowest BCUT2D eigenvalue weighted by molar-refractivity contribution is -1.01. The van der Waals surface area contributed by atoms with Crippen LogP contribution in [0.3, 0.4) is 0 Å². The smallest absolute Gasteiger partial charge is 0.300 e. The fraction of sp³-hybridized carbons (Fsp3) is 0.889. The molecule has 1 fully saturated rings. The molecule has 0 aromatic rings. The van der Waals surface area contributed by atoms with Crippen LogP contribution >= 0.6 is 0 Å². The quantitative estimate of drug-likeness (QED) is 0.166. The molecular formula is C18H35N2O4+. The highest BCUT2D eigenvalue weighted by Crippen LogP contribution is 2.19. The van der Waals surface area contributed by atoms with Crippen molar-refractivity contribution in [2.45, 2.75) is 71.4 Å². The number of quaternary nitrogens is 1. The molecule has 6 heteroatoms. The molecule has 1 atom stereocenters. The summed E-state index contributed by atoms with van der Waals surface area (Å²) in [4.78, 5) is 15.5. The monoisotopic (exact) mass is 343 g/mol. The number of hydrogen-bond acceptors (Lipinski definition) is 4. The van der Waals surface area contributed by atoms with E-state index >= 15 is 0 Å². The molecular weight excluding hydrogens is 308 g/mol. The summed E-state index contributed by atoms with van der Waals surface area (Å²) in [6.45, 7) is 7.75. The van der Waals surface area contributed by atoms with E-state index in [0.29, 0.717) is 17.7 Å². The van der Waals surface area contributed by atoms with Crippen molar-refractivity contribution in [1.29, 1.82) is 0 Å². The fourth-order valence-corrected chi connectivity index (χ4v) is 3.31. The average Bonchev–Trinajstić information content (AvgIpc) is 2.57. The average molecular weight is 343 g/mol. The summed E-state index contributed by atoms with van der Waals surface area (Å²) in [6, 6.07) is 0. The van der Waals surface area contributed by atoms with Gasteiger partial charge in [-0.1, -0.05) is 51.2 Å². The molecule has 1 heterocycles. The second kappa shape index (κ2) is 12.3. The van der Waals surface area contributed by atoms with Gasteiger partial charge in [0.05, 0.1) is 19.8 Å². The molecule has 0 saturated carbocycles. The lowest BCUT2D eigenvalue weighted by Crippen LogP contribution is -2.61. The van der Waals surface area contributed by atoms with E-state index in [2.05, 4.69) is 19.1 Å². The van der Waals surface area contributed by atoms with Crippen molar-refractivity contribution in [3.8, 4) is 0 Å². The number of nitrogens with zero attached hydrogens (tertiary/aromatic N) is 2. The molecule has 0 aliphatic carbocycles. The number of unbranched alkanes of at least 4 members (excludes halogenated alkanes) is 6. The SMILES string of the molecule is CCCCCCCCC=CCC[N+]1(C(C)O[N+](=O)[O-])CCOCC1. The number of allylic oxidation sites excluding steroid dienone is 1. The van der Waals surface area contributed by atoms with Crippen LogP contribution in [0, 0.1) is 10.1 Å². The zero-order valence-corrected chi connectivity index (χ0v) is 15.5. The maximum atomic E-state index is 10.7. The molecule has 6 nitrogen and oxygen atoms in total. The second-order valence-corrected chi connectivity index (χ2v) is 6.75. The molecule has 0 radical (unpaired) electrons. The molecule has 1 saturated heterocycles. The summed E-state index contributed by atoms with van der Waals surface area (Å²) < 4.78 is 6.03. The second-order valence-electron chi connectivity index (χ2n) is 6.75. The fourth-order valence-electron chi connectivity index (χ4n) is 3.31. The van der Waals surface area contributed by atoms with Crippen molar-refractivity contribution in [3.63, 3.8) is 0 Å². The highest BCUT2D eigenvalue weighted by Gasteiger charge is 2.37. The maximum Gasteiger partial charge on any atom is 0.300 e. The van der Waals surface area contributed by atoms with E-state index < -0.39 is 11.3 Å². The van der Waals surface area contributed by atoms with Crippen molar-refractivity contribution in [1.82, 2.24) is 0 Å². The van der Waals surface area contributed by atoms with Gasteiger partial charge in [0.1, 0.15) is 13.1 Å². The van der Waals surface area contributed by atoms with Gasteiger partial charge in [0.25, 0.3) is 5.09 Å². The van der Waals surface area contributed by atoms with Crippen molar-refractivity contribution in [3.05, 3.63) is 22.3 Å². The van der Waals surface area contributed by atoms with Crippen molar-refractivity contribution < 1.29 is 19.1 Å². The lowest BCUT2D eigenvalue weighted by atomic mass is 10.1. The molecule has 0 N–H and O–H groups in total. The Morgan fingerprint density at radius 3 is 2.42 bits per heavy atom. The Bertz CT molecular complexity index is 368. The molecule has 0 aromatic heterocycles. The topological polar surface area (TPSA) is 61.6 Å². The molecule has 0 aromatic carbocycles. The van der Waals surface area contributed by atoms with Crippen LogP contribution in [0.2, 0.25) is 0 Å². The predicted molar refractivity (Wildman–Crippen MR) is 95.0 cm³/mol. The number of hydrogen-bond donors (Lipinski definition) is 0. The van der Waals surface area contributed by atoms with Gasteiger partial charge in [-0.3, -0.25) is 9.32 Å². The van der Waals surface area contributed by atoms with Crippen LogP contribution in [-0.4, -0.2) is 48.6 Å². The van der Waals surface area contributed by atoms with E-state index in [9.17, 15) is 10.1 Å². The molecule has 1 rings (SSSR count). The molecule has 0 spiro atoms. The minimum atomic E-state index is -0.672. The molecule has 0 bridgehead atoms. The zero-order chi connectivity index (χ0) is 17.7. The van der Waals surface area contributed by atoms with E-state index in [1.165, 1.54) is 38.5 Å². The van der Waals surface area contributed by atoms with Gasteiger partial charge >= 0.3 is 0 Å². The van der Waals surface area contributed by atoms with Crippen molar-refractivity contribution in [2.24, 2.45) is 0 Å². The van der Waals surface area contributed by atoms with E-state index in [-0.39, 0.29) is 0 Å². The van der Waals surface area contributed by atoms with Crippen LogP contribution in [0.1, 0.15) is 65.2 Å². The minimum Gasteiger partial charge on any atom is -0.370 e. The Labute approximate surface area is 146 Å². The van der Waals surface area contributed by atoms with E-state index in [1.54, 1.807) is 6.92 Å². The van der Waals surface area contributed by atoms with Crippen LogP contribution in [0.15, 0.2) is 12.2 Å². The highest BCUT2D eigenvalue weighted by atomic mass is 17.0. The molecule has 1 aliphatic rings. The first-order valence-electron chi connectivity index (χ1n) is 9.50. The zero-order valence-electron chi connectivity index (χ0n) is 15.5. The summed E-state index contributed by atoms with van der Waals surface area (Å²) in [5.74, 6) is 0. The predicted octanol–water partition coefficient (Wildman–Crippen LogP) is 4.08. The first-order valence-corrected chi connectivity index (χ1v) is 9.50.